The van der Waals surface area contributed by atoms with Crippen LogP contribution >= 0.6 is 0 Å². The van der Waals surface area contributed by atoms with Gasteiger partial charge in [0.05, 0.1) is 5.75 Å². The number of nitrogens with two attached hydrogens (primary N) is 1. The number of sulfone groups is 1. The molecule has 0 aliphatic rings. The van der Waals surface area contributed by atoms with E-state index in [1.165, 1.54) is 6.92 Å². The Bertz CT molecular complexity index is 298. The van der Waals surface area contributed by atoms with Gasteiger partial charge in [0, 0.05) is 13.1 Å². The minimum absolute atomic E-state index is 0.0458. The minimum Gasteiger partial charge on any atom is -0.355 e. The lowest BCUT2D eigenvalue weighted by molar-refractivity contribution is -0.120. The van der Waals surface area contributed by atoms with E-state index in [1.54, 1.807) is 0 Å². The van der Waals surface area contributed by atoms with Crippen molar-refractivity contribution in [2.75, 3.05) is 18.8 Å². The molecule has 0 bridgehead atoms. The standard InChI is InChI=1S/C9H20N2O3S/c1-7(2)6-11-9(12)8(3)15(13,14)5-4-10/h7-8H,4-6,10H2,1-3H3,(H,11,12). The summed E-state index contributed by atoms with van der Waals surface area (Å²) < 4.78 is 23.0. The van der Waals surface area contributed by atoms with Crippen molar-refractivity contribution in [1.82, 2.24) is 5.32 Å². The average molecular weight is 236 g/mol. The molecule has 0 fully saturated rings. The molecule has 0 aromatic rings. The van der Waals surface area contributed by atoms with Crippen LogP contribution in [0.5, 0.6) is 0 Å². The number of carbonyl (C=O) groups is 1. The largest absolute Gasteiger partial charge is 0.355 e. The van der Waals surface area contributed by atoms with E-state index in [0.29, 0.717) is 12.5 Å². The van der Waals surface area contributed by atoms with Crippen LogP contribution in [0, 0.1) is 5.92 Å². The zero-order chi connectivity index (χ0) is 12.1. The molecule has 0 spiro atoms. The lowest BCUT2D eigenvalue weighted by Crippen LogP contribution is -2.41. The summed E-state index contributed by atoms with van der Waals surface area (Å²) in [4.78, 5) is 11.4. The van der Waals surface area contributed by atoms with Crippen molar-refractivity contribution in [1.29, 1.82) is 0 Å². The Balaban J connectivity index is 4.32. The van der Waals surface area contributed by atoms with Crippen LogP contribution in [0.4, 0.5) is 0 Å². The van der Waals surface area contributed by atoms with E-state index < -0.39 is 21.0 Å². The van der Waals surface area contributed by atoms with Gasteiger partial charge in [-0.1, -0.05) is 13.8 Å². The second kappa shape index (κ2) is 6.07. The first-order chi connectivity index (χ1) is 6.81. The van der Waals surface area contributed by atoms with Crippen molar-refractivity contribution < 1.29 is 13.2 Å². The number of hydrogen-bond donors (Lipinski definition) is 2. The number of rotatable bonds is 6. The maximum atomic E-state index is 11.5. The summed E-state index contributed by atoms with van der Waals surface area (Å²) in [7, 11) is -3.39. The van der Waals surface area contributed by atoms with Gasteiger partial charge in [-0.05, 0) is 12.8 Å². The summed E-state index contributed by atoms with van der Waals surface area (Å²) in [6, 6.07) is 0. The molecule has 0 aliphatic carbocycles. The van der Waals surface area contributed by atoms with Gasteiger partial charge in [0.2, 0.25) is 5.91 Å². The molecule has 0 saturated carbocycles. The Labute approximate surface area is 91.3 Å². The quantitative estimate of drug-likeness (QED) is 0.652. The van der Waals surface area contributed by atoms with Gasteiger partial charge >= 0.3 is 0 Å². The van der Waals surface area contributed by atoms with Crippen LogP contribution in [0.25, 0.3) is 0 Å². The minimum atomic E-state index is -3.39. The predicted octanol–water partition coefficient (Wildman–Crippen LogP) is -0.479. The SMILES string of the molecule is CC(C)CNC(=O)C(C)S(=O)(=O)CCN. The van der Waals surface area contributed by atoms with Gasteiger partial charge in [-0.2, -0.15) is 0 Å². The van der Waals surface area contributed by atoms with E-state index in [2.05, 4.69) is 5.32 Å². The van der Waals surface area contributed by atoms with Crippen molar-refractivity contribution in [3.05, 3.63) is 0 Å². The molecule has 1 atom stereocenters. The summed E-state index contributed by atoms with van der Waals surface area (Å²) in [5, 5.41) is 1.57. The summed E-state index contributed by atoms with van der Waals surface area (Å²) in [6.45, 7) is 5.81. The molecule has 0 heterocycles. The highest BCUT2D eigenvalue weighted by Crippen LogP contribution is 2.01. The fraction of sp³-hybridized carbons (Fsp3) is 0.889. The summed E-state index contributed by atoms with van der Waals surface area (Å²) in [5.41, 5.74) is 5.16. The lowest BCUT2D eigenvalue weighted by Gasteiger charge is -2.13. The van der Waals surface area contributed by atoms with Gasteiger partial charge < -0.3 is 11.1 Å². The smallest absolute Gasteiger partial charge is 0.238 e. The Morgan fingerprint density at radius 1 is 1.33 bits per heavy atom. The van der Waals surface area contributed by atoms with Gasteiger partial charge in [-0.25, -0.2) is 8.42 Å². The van der Waals surface area contributed by atoms with Gasteiger partial charge in [-0.3, -0.25) is 4.79 Å². The third kappa shape index (κ3) is 5.13. The molecule has 0 saturated heterocycles. The second-order valence-electron chi connectivity index (χ2n) is 3.94. The molecule has 1 unspecified atom stereocenters. The van der Waals surface area contributed by atoms with Crippen molar-refractivity contribution in [2.45, 2.75) is 26.0 Å². The normalized spacial score (nSPS) is 13.9. The number of nitrogens with one attached hydrogen (secondary N) is 1. The van der Waals surface area contributed by atoms with Crippen LogP contribution in [0.15, 0.2) is 0 Å². The zero-order valence-corrected chi connectivity index (χ0v) is 10.3. The maximum Gasteiger partial charge on any atom is 0.238 e. The van der Waals surface area contributed by atoms with Crippen LogP contribution < -0.4 is 11.1 Å². The Morgan fingerprint density at radius 3 is 2.27 bits per heavy atom. The van der Waals surface area contributed by atoms with Crippen molar-refractivity contribution >= 4 is 15.7 Å². The fourth-order valence-electron chi connectivity index (χ4n) is 0.953. The van der Waals surface area contributed by atoms with E-state index in [9.17, 15) is 13.2 Å². The molecule has 90 valence electrons. The molecule has 0 aromatic carbocycles. The van der Waals surface area contributed by atoms with Gasteiger partial charge in [-0.15, -0.1) is 0 Å². The van der Waals surface area contributed by atoms with Gasteiger partial charge in [0.1, 0.15) is 5.25 Å². The van der Waals surface area contributed by atoms with Crippen LogP contribution in [-0.4, -0.2) is 38.4 Å². The molecule has 0 rings (SSSR count). The van der Waals surface area contributed by atoms with Gasteiger partial charge in [0.25, 0.3) is 0 Å². The summed E-state index contributed by atoms with van der Waals surface area (Å²) in [5.74, 6) is -0.293. The first kappa shape index (κ1) is 14.4. The summed E-state index contributed by atoms with van der Waals surface area (Å²) >= 11 is 0. The molecule has 0 aromatic heterocycles. The molecule has 0 radical (unpaired) electrons. The van der Waals surface area contributed by atoms with Crippen LogP contribution in [0.2, 0.25) is 0 Å². The monoisotopic (exact) mass is 236 g/mol. The van der Waals surface area contributed by atoms with Crippen LogP contribution in [-0.2, 0) is 14.6 Å². The Kier molecular flexibility index (Phi) is 5.82. The van der Waals surface area contributed by atoms with Crippen LogP contribution in [0.3, 0.4) is 0 Å². The number of carbonyl (C=O) groups excluding carboxylic acids is 1. The van der Waals surface area contributed by atoms with Gasteiger partial charge in [0.15, 0.2) is 9.84 Å². The van der Waals surface area contributed by atoms with E-state index in [-0.39, 0.29) is 12.3 Å². The molecular weight excluding hydrogens is 216 g/mol. The average Bonchev–Trinajstić information content (AvgIpc) is 2.12. The first-order valence-corrected chi connectivity index (χ1v) is 6.72. The predicted molar refractivity (Wildman–Crippen MR) is 60.2 cm³/mol. The first-order valence-electron chi connectivity index (χ1n) is 5.00. The third-order valence-electron chi connectivity index (χ3n) is 1.99. The van der Waals surface area contributed by atoms with Crippen molar-refractivity contribution in [2.24, 2.45) is 11.7 Å². The zero-order valence-electron chi connectivity index (χ0n) is 9.49. The van der Waals surface area contributed by atoms with E-state index >= 15 is 0 Å². The second-order valence-corrected chi connectivity index (χ2v) is 6.38. The Morgan fingerprint density at radius 2 is 1.87 bits per heavy atom. The fourth-order valence-corrected chi connectivity index (χ4v) is 2.04. The highest BCUT2D eigenvalue weighted by atomic mass is 32.2. The molecule has 6 heteroatoms. The molecular formula is C9H20N2O3S. The summed E-state index contributed by atoms with van der Waals surface area (Å²) in [6.07, 6.45) is 0. The molecule has 5 nitrogen and oxygen atoms in total. The van der Waals surface area contributed by atoms with Crippen molar-refractivity contribution in [3.8, 4) is 0 Å². The van der Waals surface area contributed by atoms with Crippen LogP contribution in [0.1, 0.15) is 20.8 Å². The van der Waals surface area contributed by atoms with Crippen molar-refractivity contribution in [3.63, 3.8) is 0 Å². The molecule has 15 heavy (non-hydrogen) atoms. The topological polar surface area (TPSA) is 89.3 Å². The molecule has 3 N–H and O–H groups in total. The Hall–Kier alpha value is -0.620. The van der Waals surface area contributed by atoms with E-state index in [0.717, 1.165) is 0 Å². The number of amides is 1. The molecule has 1 amide bonds. The lowest BCUT2D eigenvalue weighted by atomic mass is 10.2. The highest BCUT2D eigenvalue weighted by Gasteiger charge is 2.26. The van der Waals surface area contributed by atoms with E-state index in [4.69, 9.17) is 5.73 Å². The molecule has 0 aliphatic heterocycles. The number of hydrogen-bond acceptors (Lipinski definition) is 4. The third-order valence-corrected chi connectivity index (χ3v) is 4.09. The highest BCUT2D eigenvalue weighted by molar-refractivity contribution is 7.92. The maximum absolute atomic E-state index is 11.5. The van der Waals surface area contributed by atoms with E-state index in [1.807, 2.05) is 13.8 Å².